The molecule has 0 aromatic rings. The average Bonchev–Trinajstić information content (AvgIpc) is 2.08. The van der Waals surface area contributed by atoms with Crippen molar-refractivity contribution in [1.82, 2.24) is 0 Å². The van der Waals surface area contributed by atoms with E-state index >= 15 is 0 Å². The number of carbonyl (C=O) groups is 1. The van der Waals surface area contributed by atoms with Gasteiger partial charge >= 0.3 is 0 Å². The molecule has 0 amide bonds. The number of thiol groups is 1. The highest BCUT2D eigenvalue weighted by molar-refractivity contribution is 7.81. The highest BCUT2D eigenvalue weighted by Gasteiger charge is 2.12. The maximum absolute atomic E-state index is 11.4. The lowest BCUT2D eigenvalue weighted by Crippen LogP contribution is -2.14. The molecule has 0 rings (SSSR count). The van der Waals surface area contributed by atoms with Gasteiger partial charge in [-0.25, -0.2) is 0 Å². The Morgan fingerprint density at radius 1 is 2.00 bits per heavy atom. The smallest absolute Gasteiger partial charge is 0.131 e. The number of hydrogen-bond donors (Lipinski definition) is 1. The Balaban J connectivity index is 5.74. The molecule has 1 nitrogen and oxygen atoms in total. The third kappa shape index (κ3) is 6.02. The molecule has 1 unspecified atom stereocenters. The third-order valence-electron chi connectivity index (χ3n) is 0.340. The summed E-state index contributed by atoms with van der Waals surface area (Å²) < 4.78 is 67.5. The minimum Gasteiger partial charge on any atom is -0.300 e. The van der Waals surface area contributed by atoms with Gasteiger partial charge in [-0.15, -0.1) is 0 Å². The topological polar surface area (TPSA) is 17.1 Å². The summed E-state index contributed by atoms with van der Waals surface area (Å²) in [5.74, 6) is -1.76. The molecule has 0 aromatic carbocycles. The molecule has 8 heavy (non-hydrogen) atoms. The van der Waals surface area contributed by atoms with Gasteiger partial charge in [0.15, 0.2) is 0 Å². The van der Waals surface area contributed by atoms with Crippen molar-refractivity contribution in [3.05, 3.63) is 0 Å². The van der Waals surface area contributed by atoms with E-state index < -0.39 is 37.5 Å². The predicted molar refractivity (Wildman–Crippen MR) is 38.4 cm³/mol. The maximum atomic E-state index is 11.4. The molecule has 2 heteroatoms. The fraction of sp³-hybridized carbons (Fsp3) is 0.833. The number of hydrogen-bond acceptors (Lipinski definition) is 2. The number of rotatable bonds is 2. The Morgan fingerprint density at radius 2 is 2.62 bits per heavy atom. The van der Waals surface area contributed by atoms with Gasteiger partial charge in [0.25, 0.3) is 0 Å². The summed E-state index contributed by atoms with van der Waals surface area (Å²) in [6.07, 6.45) is -2.52. The first-order chi connectivity index (χ1) is 7.57. The summed E-state index contributed by atoms with van der Waals surface area (Å²) in [4.78, 5) is 11.4. The van der Waals surface area contributed by atoms with E-state index in [9.17, 15) is 4.79 Å². The largest absolute Gasteiger partial charge is 0.300 e. The molecule has 0 aliphatic carbocycles. The van der Waals surface area contributed by atoms with Gasteiger partial charge in [0.05, 0.1) is 0 Å². The van der Waals surface area contributed by atoms with Crippen molar-refractivity contribution in [2.75, 3.05) is 0 Å². The molecule has 0 heterocycles. The summed E-state index contributed by atoms with van der Waals surface area (Å²) in [7, 11) is 0. The van der Waals surface area contributed by atoms with E-state index in [0.29, 0.717) is 0 Å². The highest BCUT2D eigenvalue weighted by atomic mass is 32.1. The van der Waals surface area contributed by atoms with Gasteiger partial charge in [-0.05, 0) is 6.85 Å². The van der Waals surface area contributed by atoms with E-state index in [4.69, 9.17) is 13.7 Å². The summed E-state index contributed by atoms with van der Waals surface area (Å²) in [6.45, 7) is -9.85. The van der Waals surface area contributed by atoms with Crippen LogP contribution in [-0.2, 0) is 4.79 Å². The second-order valence-electron chi connectivity index (χ2n) is 1.27. The van der Waals surface area contributed by atoms with Crippen LogP contribution in [0.2, 0.25) is 0 Å². The van der Waals surface area contributed by atoms with E-state index in [0.717, 1.165) is 0 Å². The van der Waals surface area contributed by atoms with Crippen LogP contribution in [0.25, 0.3) is 0 Å². The molecule has 0 N–H and O–H groups in total. The zero-order chi connectivity index (χ0) is 15.2. The van der Waals surface area contributed by atoms with Crippen molar-refractivity contribution >= 4 is 18.4 Å². The van der Waals surface area contributed by atoms with Crippen molar-refractivity contribution in [3.8, 4) is 0 Å². The van der Waals surface area contributed by atoms with Gasteiger partial charge < -0.3 is 0 Å². The van der Waals surface area contributed by atoms with Gasteiger partial charge in [0, 0.05) is 24.9 Å². The first-order valence-corrected chi connectivity index (χ1v) is 2.20. The molecule has 0 aliphatic heterocycles. The van der Waals surface area contributed by atoms with Crippen LogP contribution in [0.1, 0.15) is 40.7 Å². The fourth-order valence-electron chi connectivity index (χ4n) is 0.190. The SMILES string of the molecule is [2H]C(C(=O)C([2H])([2H])[2H])C(S)(C([2H])([2H])[2H])C([2H])([2H])[2H]. The van der Waals surface area contributed by atoms with Gasteiger partial charge in [0.2, 0.25) is 0 Å². The van der Waals surface area contributed by atoms with Crippen LogP contribution in [0.5, 0.6) is 0 Å². The molecule has 0 radical (unpaired) electrons. The normalized spacial score (nSPS) is 38.6. The molecule has 0 bridgehead atoms. The molecule has 0 fully saturated rings. The maximum Gasteiger partial charge on any atom is 0.131 e. The number of Topliss-reactive ketones (excluding diaryl/α,β-unsaturated/α-hetero) is 1. The first kappa shape index (κ1) is 1.36. The van der Waals surface area contributed by atoms with Crippen LogP contribution in [-0.4, -0.2) is 10.5 Å². The standard InChI is InChI=1S/C6H12OS/c1-5(7)4-6(2,3)8/h8H,4H2,1-3H3/i1D3,2D3,3D3,4D. The summed E-state index contributed by atoms with van der Waals surface area (Å²) in [5.41, 5.74) is 0. The van der Waals surface area contributed by atoms with Crippen LogP contribution in [0.15, 0.2) is 0 Å². The molecule has 0 saturated heterocycles. The van der Waals surface area contributed by atoms with Crippen LogP contribution in [0.3, 0.4) is 0 Å². The Hall–Kier alpha value is 0.0200. The van der Waals surface area contributed by atoms with E-state index in [1.54, 1.807) is 0 Å². The predicted octanol–water partition coefficient (Wildman–Crippen LogP) is 1.67. The highest BCUT2D eigenvalue weighted by Crippen LogP contribution is 2.16. The third-order valence-corrected chi connectivity index (χ3v) is 0.469. The van der Waals surface area contributed by atoms with Gasteiger partial charge in [-0.1, -0.05) is 13.7 Å². The van der Waals surface area contributed by atoms with Crippen molar-refractivity contribution in [2.24, 2.45) is 0 Å². The zero-order valence-corrected chi connectivity index (χ0v) is 4.83. The Bertz CT molecular complexity index is 311. The quantitative estimate of drug-likeness (QED) is 0.580. The van der Waals surface area contributed by atoms with Crippen LogP contribution in [0.4, 0.5) is 0 Å². The Morgan fingerprint density at radius 3 is 3.00 bits per heavy atom. The molecular formula is C6H12OS. The summed E-state index contributed by atoms with van der Waals surface area (Å²) in [5, 5.41) is 0. The van der Waals surface area contributed by atoms with E-state index in [1.165, 1.54) is 0 Å². The minimum absolute atomic E-state index is 1.76. The van der Waals surface area contributed by atoms with Crippen LogP contribution >= 0.6 is 12.6 Å². The lowest BCUT2D eigenvalue weighted by atomic mass is 10.1. The lowest BCUT2D eigenvalue weighted by molar-refractivity contribution is -0.117. The van der Waals surface area contributed by atoms with Gasteiger partial charge in [-0.2, -0.15) is 12.6 Å². The molecule has 0 saturated carbocycles. The number of ketones is 1. The molecule has 48 valence electrons. The van der Waals surface area contributed by atoms with Crippen LogP contribution < -0.4 is 0 Å². The fourth-order valence-corrected chi connectivity index (χ4v) is 0.307. The number of carbonyl (C=O) groups excluding carboxylic acids is 1. The monoisotopic (exact) mass is 142 g/mol. The minimum atomic E-state index is -3.30. The van der Waals surface area contributed by atoms with Gasteiger partial charge in [0.1, 0.15) is 5.78 Å². The van der Waals surface area contributed by atoms with Crippen molar-refractivity contribution in [3.63, 3.8) is 0 Å². The summed E-state index contributed by atoms with van der Waals surface area (Å²) >= 11 is 3.46. The Labute approximate surface area is 69.9 Å². The zero-order valence-electron chi connectivity index (χ0n) is 13.9. The molecule has 0 aromatic heterocycles. The van der Waals surface area contributed by atoms with Crippen molar-refractivity contribution in [1.29, 1.82) is 0 Å². The first-order valence-electron chi connectivity index (χ1n) is 6.83. The van der Waals surface area contributed by atoms with E-state index in [2.05, 4.69) is 12.6 Å². The second-order valence-corrected chi connectivity index (χ2v) is 1.98. The van der Waals surface area contributed by atoms with E-state index in [1.807, 2.05) is 0 Å². The Kier molecular flexibility index (Phi) is 0.432. The van der Waals surface area contributed by atoms with Crippen molar-refractivity contribution in [2.45, 2.75) is 31.7 Å². The molecule has 1 atom stereocenters. The van der Waals surface area contributed by atoms with Crippen LogP contribution in [0, 0.1) is 0 Å². The van der Waals surface area contributed by atoms with E-state index in [-0.39, 0.29) is 0 Å². The van der Waals surface area contributed by atoms with Gasteiger partial charge in [-0.3, -0.25) is 4.79 Å². The molecule has 0 aliphatic rings. The molecular weight excluding hydrogens is 120 g/mol. The second kappa shape index (κ2) is 2.53. The van der Waals surface area contributed by atoms with Crippen molar-refractivity contribution < 1.29 is 18.5 Å². The lowest BCUT2D eigenvalue weighted by Gasteiger charge is -2.13. The molecule has 0 spiro atoms. The summed E-state index contributed by atoms with van der Waals surface area (Å²) in [6, 6.07) is 0. The average molecular weight is 142 g/mol.